The first-order valence-corrected chi connectivity index (χ1v) is 6.05. The molecule has 102 valence electrons. The topological polar surface area (TPSA) is 64.4 Å². The highest BCUT2D eigenvalue weighted by molar-refractivity contribution is 5.75. The lowest BCUT2D eigenvalue weighted by atomic mass is 10.3. The Hall–Kier alpha value is -1.51. The van der Waals surface area contributed by atoms with E-state index < -0.39 is 0 Å². The molecule has 0 fully saturated rings. The number of nitrogens with zero attached hydrogens (tertiary/aromatic N) is 1. The fourth-order valence-electron chi connectivity index (χ4n) is 0.437. The van der Waals surface area contributed by atoms with Crippen molar-refractivity contribution in [3.63, 3.8) is 0 Å². The summed E-state index contributed by atoms with van der Waals surface area (Å²) in [5.74, 6) is 0.164. The Kier molecular flexibility index (Phi) is 42.4. The molecule has 0 spiro atoms. The van der Waals surface area contributed by atoms with E-state index in [-0.39, 0.29) is 5.96 Å². The highest BCUT2D eigenvalue weighted by Gasteiger charge is 1.69. The van der Waals surface area contributed by atoms with Crippen LogP contribution in [0.15, 0.2) is 42.0 Å². The standard InChI is InChI=1S/C7H10.C3H9N3.2C2H6/c1-4-6-7(3)5-2;1-2-6-3(4)5;2*1-2/h4-6H,1-2H2,3H3;2H2,1H3,(H4,4,5,6);2*1-2H3/b7-6-;;;. The third-order valence-electron chi connectivity index (χ3n) is 1.04. The van der Waals surface area contributed by atoms with Crippen molar-refractivity contribution in [2.75, 3.05) is 6.54 Å². The minimum Gasteiger partial charge on any atom is -0.370 e. The Morgan fingerprint density at radius 2 is 1.53 bits per heavy atom. The molecule has 0 radical (unpaired) electrons. The van der Waals surface area contributed by atoms with Crippen LogP contribution in [0.4, 0.5) is 0 Å². The number of hydrogen-bond donors (Lipinski definition) is 2. The van der Waals surface area contributed by atoms with E-state index in [4.69, 9.17) is 11.5 Å². The predicted octanol–water partition coefficient (Wildman–Crippen LogP) is 3.64. The molecule has 0 amide bonds. The molecule has 3 heteroatoms. The third-order valence-corrected chi connectivity index (χ3v) is 1.04. The van der Waals surface area contributed by atoms with Crippen LogP contribution in [-0.2, 0) is 0 Å². The van der Waals surface area contributed by atoms with Crippen LogP contribution in [0.25, 0.3) is 0 Å². The molecule has 0 aromatic heterocycles. The quantitative estimate of drug-likeness (QED) is 0.450. The second-order valence-electron chi connectivity index (χ2n) is 2.25. The van der Waals surface area contributed by atoms with Gasteiger partial charge in [-0.25, -0.2) is 0 Å². The predicted molar refractivity (Wildman–Crippen MR) is 83.2 cm³/mol. The molecule has 0 saturated heterocycles. The SMILES string of the molecule is C=C/C=C(/C)C=C.CC.CC.CCN=C(N)N. The number of rotatable bonds is 3. The maximum Gasteiger partial charge on any atom is 0.185 e. The van der Waals surface area contributed by atoms with Crippen molar-refractivity contribution in [1.82, 2.24) is 0 Å². The lowest BCUT2D eigenvalue weighted by Gasteiger charge is -1.82. The van der Waals surface area contributed by atoms with Crippen molar-refractivity contribution in [3.8, 4) is 0 Å². The summed E-state index contributed by atoms with van der Waals surface area (Å²) >= 11 is 0. The van der Waals surface area contributed by atoms with E-state index >= 15 is 0 Å². The summed E-state index contributed by atoms with van der Waals surface area (Å²) in [4.78, 5) is 3.60. The van der Waals surface area contributed by atoms with Gasteiger partial charge in [0.25, 0.3) is 0 Å². The van der Waals surface area contributed by atoms with Gasteiger partial charge in [-0.05, 0) is 13.8 Å². The molecule has 17 heavy (non-hydrogen) atoms. The fourth-order valence-corrected chi connectivity index (χ4v) is 0.437. The summed E-state index contributed by atoms with van der Waals surface area (Å²) < 4.78 is 0. The maximum absolute atomic E-state index is 4.93. The summed E-state index contributed by atoms with van der Waals surface area (Å²) in [6.45, 7) is 19.6. The van der Waals surface area contributed by atoms with Crippen LogP contribution in [0.3, 0.4) is 0 Å². The minimum absolute atomic E-state index is 0.164. The van der Waals surface area contributed by atoms with Gasteiger partial charge >= 0.3 is 0 Å². The number of allylic oxidation sites excluding steroid dienone is 4. The molecular formula is C14H31N3. The van der Waals surface area contributed by atoms with E-state index in [1.165, 1.54) is 0 Å². The molecule has 4 N–H and O–H groups in total. The number of nitrogens with two attached hydrogens (primary N) is 2. The summed E-state index contributed by atoms with van der Waals surface area (Å²) in [5, 5.41) is 0. The molecule has 0 aliphatic carbocycles. The molecule has 0 aliphatic heterocycles. The molecule has 0 unspecified atom stereocenters. The molecule has 0 bridgehead atoms. The number of aliphatic imine (C=N–C) groups is 1. The molecule has 0 heterocycles. The Labute approximate surface area is 108 Å². The van der Waals surface area contributed by atoms with E-state index in [0.29, 0.717) is 6.54 Å². The van der Waals surface area contributed by atoms with Gasteiger partial charge in [-0.2, -0.15) is 0 Å². The van der Waals surface area contributed by atoms with Crippen LogP contribution in [0, 0.1) is 0 Å². The third kappa shape index (κ3) is 53.7. The molecular weight excluding hydrogens is 210 g/mol. The van der Waals surface area contributed by atoms with Crippen molar-refractivity contribution >= 4 is 5.96 Å². The van der Waals surface area contributed by atoms with E-state index in [9.17, 15) is 0 Å². The second kappa shape index (κ2) is 29.3. The first-order valence-electron chi connectivity index (χ1n) is 6.05. The van der Waals surface area contributed by atoms with E-state index in [2.05, 4.69) is 18.2 Å². The molecule has 3 nitrogen and oxygen atoms in total. The van der Waals surface area contributed by atoms with Crippen molar-refractivity contribution in [3.05, 3.63) is 37.0 Å². The van der Waals surface area contributed by atoms with E-state index in [1.54, 1.807) is 12.2 Å². The Morgan fingerprint density at radius 1 is 1.12 bits per heavy atom. The number of hydrogen-bond acceptors (Lipinski definition) is 1. The van der Waals surface area contributed by atoms with Gasteiger partial charge in [-0.15, -0.1) is 0 Å². The Morgan fingerprint density at radius 3 is 1.59 bits per heavy atom. The average molecular weight is 241 g/mol. The van der Waals surface area contributed by atoms with Crippen molar-refractivity contribution in [2.24, 2.45) is 16.5 Å². The first kappa shape index (κ1) is 24.6. The van der Waals surface area contributed by atoms with Gasteiger partial charge in [0.2, 0.25) is 0 Å². The Bertz CT molecular complexity index is 200. The molecule has 0 aromatic carbocycles. The zero-order chi connectivity index (χ0) is 14.7. The van der Waals surface area contributed by atoms with E-state index in [1.807, 2.05) is 47.6 Å². The van der Waals surface area contributed by atoms with E-state index in [0.717, 1.165) is 5.57 Å². The zero-order valence-corrected chi connectivity index (χ0v) is 12.5. The fraction of sp³-hybridized carbons (Fsp3) is 0.500. The summed E-state index contributed by atoms with van der Waals surface area (Å²) in [7, 11) is 0. The average Bonchev–Trinajstić information content (AvgIpc) is 2.35. The molecule has 0 atom stereocenters. The van der Waals surface area contributed by atoms with Gasteiger partial charge < -0.3 is 11.5 Å². The van der Waals surface area contributed by atoms with Gasteiger partial charge in [0.1, 0.15) is 0 Å². The van der Waals surface area contributed by atoms with Crippen LogP contribution in [0.1, 0.15) is 41.5 Å². The highest BCUT2D eigenvalue weighted by atomic mass is 15.0. The van der Waals surface area contributed by atoms with Gasteiger partial charge in [0.05, 0.1) is 0 Å². The highest BCUT2D eigenvalue weighted by Crippen LogP contribution is 1.90. The number of guanidine groups is 1. The molecule has 0 aliphatic rings. The lowest BCUT2D eigenvalue weighted by Crippen LogP contribution is -2.22. The molecule has 0 saturated carbocycles. The van der Waals surface area contributed by atoms with Crippen LogP contribution in [-0.4, -0.2) is 12.5 Å². The smallest absolute Gasteiger partial charge is 0.185 e. The van der Waals surface area contributed by atoms with Crippen LogP contribution < -0.4 is 11.5 Å². The van der Waals surface area contributed by atoms with Gasteiger partial charge in [-0.3, -0.25) is 4.99 Å². The van der Waals surface area contributed by atoms with Gasteiger partial charge in [0, 0.05) is 6.54 Å². The summed E-state index contributed by atoms with van der Waals surface area (Å²) in [6, 6.07) is 0. The second-order valence-corrected chi connectivity index (χ2v) is 2.25. The van der Waals surface area contributed by atoms with Gasteiger partial charge in [-0.1, -0.05) is 64.7 Å². The summed E-state index contributed by atoms with van der Waals surface area (Å²) in [6.07, 6.45) is 5.45. The van der Waals surface area contributed by atoms with Crippen molar-refractivity contribution < 1.29 is 0 Å². The van der Waals surface area contributed by atoms with Gasteiger partial charge in [0.15, 0.2) is 5.96 Å². The zero-order valence-electron chi connectivity index (χ0n) is 12.5. The molecule has 0 aromatic rings. The first-order chi connectivity index (χ1) is 8.08. The van der Waals surface area contributed by atoms with Crippen LogP contribution in [0.5, 0.6) is 0 Å². The molecule has 0 rings (SSSR count). The summed E-state index contributed by atoms with van der Waals surface area (Å²) in [5.41, 5.74) is 11.0. The van der Waals surface area contributed by atoms with Crippen molar-refractivity contribution in [2.45, 2.75) is 41.5 Å². The van der Waals surface area contributed by atoms with Crippen LogP contribution in [0.2, 0.25) is 0 Å². The normalized spacial score (nSPS) is 7.76. The monoisotopic (exact) mass is 241 g/mol. The van der Waals surface area contributed by atoms with Crippen molar-refractivity contribution in [1.29, 1.82) is 0 Å². The minimum atomic E-state index is 0.164. The largest absolute Gasteiger partial charge is 0.370 e. The van der Waals surface area contributed by atoms with Crippen LogP contribution >= 0.6 is 0 Å². The lowest BCUT2D eigenvalue weighted by molar-refractivity contribution is 1.11. The Balaban J connectivity index is -0.0000000772. The maximum atomic E-state index is 4.93.